The van der Waals surface area contributed by atoms with E-state index < -0.39 is 0 Å². The van der Waals surface area contributed by atoms with Crippen molar-refractivity contribution in [1.29, 1.82) is 5.26 Å². The van der Waals surface area contributed by atoms with E-state index in [9.17, 15) is 0 Å². The number of rotatable bonds is 6. The van der Waals surface area contributed by atoms with Gasteiger partial charge in [-0.25, -0.2) is 0 Å². The fourth-order valence-electron chi connectivity index (χ4n) is 2.13. The van der Waals surface area contributed by atoms with Crippen molar-refractivity contribution in [3.63, 3.8) is 0 Å². The first-order chi connectivity index (χ1) is 10.5. The molecule has 0 spiro atoms. The van der Waals surface area contributed by atoms with Crippen LogP contribution in [-0.2, 0) is 5.54 Å². The van der Waals surface area contributed by atoms with Crippen LogP contribution in [0.1, 0.15) is 30.7 Å². The van der Waals surface area contributed by atoms with E-state index >= 15 is 0 Å². The minimum absolute atomic E-state index is 0.168. The molecule has 1 N–H and O–H groups in total. The molecule has 0 aliphatic rings. The molecular formula is C18H21N3O. The maximum absolute atomic E-state index is 8.86. The molecule has 0 fully saturated rings. The Kier molecular flexibility index (Phi) is 5.13. The van der Waals surface area contributed by atoms with Crippen LogP contribution in [0, 0.1) is 18.3 Å². The molecule has 2 aromatic rings. The van der Waals surface area contributed by atoms with Gasteiger partial charge in [0.2, 0.25) is 0 Å². The van der Waals surface area contributed by atoms with Crippen LogP contribution in [0.3, 0.4) is 0 Å². The van der Waals surface area contributed by atoms with E-state index in [1.165, 1.54) is 0 Å². The molecule has 0 unspecified atom stereocenters. The lowest BCUT2D eigenvalue weighted by Crippen LogP contribution is -2.39. The van der Waals surface area contributed by atoms with E-state index in [1.807, 2.05) is 31.3 Å². The summed E-state index contributed by atoms with van der Waals surface area (Å²) in [6, 6.07) is 13.4. The Bertz CT molecular complexity index is 657. The molecule has 0 aliphatic carbocycles. The van der Waals surface area contributed by atoms with Crippen molar-refractivity contribution in [3.8, 4) is 11.8 Å². The molecule has 0 radical (unpaired) electrons. The third-order valence-electron chi connectivity index (χ3n) is 3.53. The second-order valence-corrected chi connectivity index (χ2v) is 5.73. The highest BCUT2D eigenvalue weighted by Crippen LogP contribution is 2.19. The van der Waals surface area contributed by atoms with E-state index in [0.717, 1.165) is 17.0 Å². The standard InChI is InChI=1S/C18H21N3O/c1-14-7-8-16(13-20-14)18(2,3)21-9-10-22-17-6-4-5-15(11-17)12-19/h4-8,11,13,21H,9-10H2,1-3H3. The summed E-state index contributed by atoms with van der Waals surface area (Å²) in [6.07, 6.45) is 1.90. The number of pyridine rings is 1. The van der Waals surface area contributed by atoms with E-state index in [0.29, 0.717) is 18.7 Å². The zero-order valence-electron chi connectivity index (χ0n) is 13.3. The van der Waals surface area contributed by atoms with E-state index in [4.69, 9.17) is 10.00 Å². The van der Waals surface area contributed by atoms with Gasteiger partial charge in [0.1, 0.15) is 12.4 Å². The Hall–Kier alpha value is -2.38. The van der Waals surface area contributed by atoms with Crippen molar-refractivity contribution < 1.29 is 4.74 Å². The van der Waals surface area contributed by atoms with E-state index in [-0.39, 0.29) is 5.54 Å². The maximum atomic E-state index is 8.86. The maximum Gasteiger partial charge on any atom is 0.120 e. The van der Waals surface area contributed by atoms with Crippen LogP contribution in [0.2, 0.25) is 0 Å². The molecule has 1 aromatic carbocycles. The second kappa shape index (κ2) is 7.06. The predicted octanol–water partition coefficient (Wildman–Crippen LogP) is 3.17. The van der Waals surface area contributed by atoms with Gasteiger partial charge in [0, 0.05) is 24.0 Å². The lowest BCUT2D eigenvalue weighted by molar-refractivity contribution is 0.285. The highest BCUT2D eigenvalue weighted by molar-refractivity contribution is 5.36. The van der Waals surface area contributed by atoms with Crippen LogP contribution in [-0.4, -0.2) is 18.1 Å². The molecule has 0 saturated carbocycles. The second-order valence-electron chi connectivity index (χ2n) is 5.73. The number of nitrogens with one attached hydrogen (secondary N) is 1. The zero-order chi connectivity index (χ0) is 16.0. The number of nitrogens with zero attached hydrogens (tertiary/aromatic N) is 2. The first-order valence-corrected chi connectivity index (χ1v) is 7.32. The molecule has 0 bridgehead atoms. The molecule has 22 heavy (non-hydrogen) atoms. The summed E-state index contributed by atoms with van der Waals surface area (Å²) in [5, 5.41) is 12.3. The highest BCUT2D eigenvalue weighted by Gasteiger charge is 2.19. The van der Waals surface area contributed by atoms with Gasteiger partial charge in [0.05, 0.1) is 11.6 Å². The molecule has 4 heteroatoms. The van der Waals surface area contributed by atoms with Gasteiger partial charge < -0.3 is 10.1 Å². The number of aryl methyl sites for hydroxylation is 1. The van der Waals surface area contributed by atoms with Crippen LogP contribution >= 0.6 is 0 Å². The van der Waals surface area contributed by atoms with Crippen molar-refractivity contribution in [3.05, 3.63) is 59.4 Å². The minimum Gasteiger partial charge on any atom is -0.492 e. The van der Waals surface area contributed by atoms with Gasteiger partial charge in [-0.1, -0.05) is 12.1 Å². The van der Waals surface area contributed by atoms with Crippen molar-refractivity contribution >= 4 is 0 Å². The van der Waals surface area contributed by atoms with Crippen molar-refractivity contribution in [2.45, 2.75) is 26.3 Å². The quantitative estimate of drug-likeness (QED) is 0.832. The minimum atomic E-state index is -0.168. The summed E-state index contributed by atoms with van der Waals surface area (Å²) in [4.78, 5) is 4.34. The van der Waals surface area contributed by atoms with Gasteiger partial charge >= 0.3 is 0 Å². The molecule has 1 aromatic heterocycles. The number of hydrogen-bond acceptors (Lipinski definition) is 4. The van der Waals surface area contributed by atoms with Crippen LogP contribution in [0.25, 0.3) is 0 Å². The average molecular weight is 295 g/mol. The molecule has 0 aliphatic heterocycles. The fourth-order valence-corrected chi connectivity index (χ4v) is 2.13. The van der Waals surface area contributed by atoms with Gasteiger partial charge in [0.15, 0.2) is 0 Å². The summed E-state index contributed by atoms with van der Waals surface area (Å²) >= 11 is 0. The number of benzene rings is 1. The predicted molar refractivity (Wildman–Crippen MR) is 86.7 cm³/mol. The molecule has 1 heterocycles. The van der Waals surface area contributed by atoms with Crippen LogP contribution in [0.5, 0.6) is 5.75 Å². The molecule has 0 saturated heterocycles. The summed E-state index contributed by atoms with van der Waals surface area (Å²) in [5.74, 6) is 0.718. The molecule has 2 rings (SSSR count). The SMILES string of the molecule is Cc1ccc(C(C)(C)NCCOc2cccc(C#N)c2)cn1. The zero-order valence-corrected chi connectivity index (χ0v) is 13.3. The van der Waals surface area contributed by atoms with Crippen LogP contribution in [0.15, 0.2) is 42.6 Å². The first kappa shape index (κ1) is 16.0. The first-order valence-electron chi connectivity index (χ1n) is 7.32. The van der Waals surface area contributed by atoms with Crippen molar-refractivity contribution in [1.82, 2.24) is 10.3 Å². The van der Waals surface area contributed by atoms with Gasteiger partial charge in [-0.05, 0) is 50.6 Å². The smallest absolute Gasteiger partial charge is 0.120 e. The van der Waals surface area contributed by atoms with Crippen LogP contribution < -0.4 is 10.1 Å². The summed E-state index contributed by atoms with van der Waals surface area (Å²) < 4.78 is 5.67. The third kappa shape index (κ3) is 4.31. The van der Waals surface area contributed by atoms with Crippen molar-refractivity contribution in [2.24, 2.45) is 0 Å². The monoisotopic (exact) mass is 295 g/mol. The fraction of sp³-hybridized carbons (Fsp3) is 0.333. The van der Waals surface area contributed by atoms with Gasteiger partial charge in [-0.15, -0.1) is 0 Å². The number of ether oxygens (including phenoxy) is 1. The average Bonchev–Trinajstić information content (AvgIpc) is 2.52. The molecule has 4 nitrogen and oxygen atoms in total. The Morgan fingerprint density at radius 3 is 2.77 bits per heavy atom. The lowest BCUT2D eigenvalue weighted by atomic mass is 9.96. The largest absolute Gasteiger partial charge is 0.492 e. The molecule has 114 valence electrons. The lowest BCUT2D eigenvalue weighted by Gasteiger charge is -2.26. The van der Waals surface area contributed by atoms with Gasteiger partial charge in [0.25, 0.3) is 0 Å². The molecule has 0 amide bonds. The van der Waals surface area contributed by atoms with Gasteiger partial charge in [-0.2, -0.15) is 5.26 Å². The topological polar surface area (TPSA) is 57.9 Å². The Labute approximate surface area is 131 Å². The Balaban J connectivity index is 1.85. The summed E-state index contributed by atoms with van der Waals surface area (Å²) in [7, 11) is 0. The summed E-state index contributed by atoms with van der Waals surface area (Å²) in [5.41, 5.74) is 2.60. The Morgan fingerprint density at radius 2 is 2.09 bits per heavy atom. The Morgan fingerprint density at radius 1 is 1.27 bits per heavy atom. The number of aromatic nitrogens is 1. The molecular weight excluding hydrogens is 274 g/mol. The van der Waals surface area contributed by atoms with E-state index in [1.54, 1.807) is 12.1 Å². The van der Waals surface area contributed by atoms with Crippen molar-refractivity contribution in [2.75, 3.05) is 13.2 Å². The van der Waals surface area contributed by atoms with E-state index in [2.05, 4.69) is 36.3 Å². The molecule has 0 atom stereocenters. The van der Waals surface area contributed by atoms with Gasteiger partial charge in [-0.3, -0.25) is 4.98 Å². The van der Waals surface area contributed by atoms with Crippen LogP contribution in [0.4, 0.5) is 0 Å². The number of nitriles is 1. The normalized spacial score (nSPS) is 11.0. The number of hydrogen-bond donors (Lipinski definition) is 1. The third-order valence-corrected chi connectivity index (χ3v) is 3.53. The highest BCUT2D eigenvalue weighted by atomic mass is 16.5. The summed E-state index contributed by atoms with van der Waals surface area (Å²) in [6.45, 7) is 7.47.